The standard InChI is InChI=1S/C12H13ClN2S/c1-2-10(14)12-15-11(7-16-12)8-5-3-4-6-9(8)13/h3-7,10H,2,14H2,1H3. The third-order valence-electron chi connectivity index (χ3n) is 2.43. The van der Waals surface area contributed by atoms with Crippen molar-refractivity contribution in [2.24, 2.45) is 5.73 Å². The van der Waals surface area contributed by atoms with Crippen LogP contribution in [0.3, 0.4) is 0 Å². The molecule has 16 heavy (non-hydrogen) atoms. The molecule has 0 amide bonds. The molecule has 0 saturated heterocycles. The zero-order valence-electron chi connectivity index (χ0n) is 8.98. The summed E-state index contributed by atoms with van der Waals surface area (Å²) in [6.07, 6.45) is 0.898. The van der Waals surface area contributed by atoms with Crippen LogP contribution in [0.2, 0.25) is 5.02 Å². The maximum absolute atomic E-state index is 6.11. The lowest BCUT2D eigenvalue weighted by Crippen LogP contribution is -2.07. The van der Waals surface area contributed by atoms with Gasteiger partial charge in [-0.2, -0.15) is 0 Å². The van der Waals surface area contributed by atoms with Crippen LogP contribution in [0.1, 0.15) is 24.4 Å². The predicted molar refractivity (Wildman–Crippen MR) is 69.8 cm³/mol. The van der Waals surface area contributed by atoms with E-state index >= 15 is 0 Å². The number of hydrogen-bond donors (Lipinski definition) is 1. The largest absolute Gasteiger partial charge is 0.322 e. The Balaban J connectivity index is 2.35. The van der Waals surface area contributed by atoms with Gasteiger partial charge in [0.05, 0.1) is 11.7 Å². The molecule has 2 aromatic rings. The summed E-state index contributed by atoms with van der Waals surface area (Å²) in [6.45, 7) is 2.06. The molecule has 1 aromatic heterocycles. The molecule has 0 aliphatic rings. The van der Waals surface area contributed by atoms with E-state index in [0.29, 0.717) is 0 Å². The Kier molecular flexibility index (Phi) is 3.59. The molecular formula is C12H13ClN2S. The second kappa shape index (κ2) is 4.95. The number of aromatic nitrogens is 1. The Bertz CT molecular complexity index is 481. The first-order valence-electron chi connectivity index (χ1n) is 5.18. The summed E-state index contributed by atoms with van der Waals surface area (Å²) in [6, 6.07) is 7.74. The van der Waals surface area contributed by atoms with Crippen molar-refractivity contribution in [2.45, 2.75) is 19.4 Å². The van der Waals surface area contributed by atoms with E-state index in [0.717, 1.165) is 27.7 Å². The molecule has 1 atom stereocenters. The number of nitrogens with two attached hydrogens (primary N) is 1. The van der Waals surface area contributed by atoms with Crippen molar-refractivity contribution >= 4 is 22.9 Å². The molecule has 2 N–H and O–H groups in total. The smallest absolute Gasteiger partial charge is 0.110 e. The van der Waals surface area contributed by atoms with Gasteiger partial charge in [-0.05, 0) is 12.5 Å². The molecule has 0 aliphatic heterocycles. The number of halogens is 1. The monoisotopic (exact) mass is 252 g/mol. The molecule has 0 bridgehead atoms. The topological polar surface area (TPSA) is 38.9 Å². The summed E-state index contributed by atoms with van der Waals surface area (Å²) in [4.78, 5) is 4.52. The summed E-state index contributed by atoms with van der Waals surface area (Å²) < 4.78 is 0. The van der Waals surface area contributed by atoms with Crippen LogP contribution in [-0.4, -0.2) is 4.98 Å². The summed E-state index contributed by atoms with van der Waals surface area (Å²) in [5.41, 5.74) is 7.82. The minimum atomic E-state index is 0.0289. The lowest BCUT2D eigenvalue weighted by Gasteiger charge is -2.03. The highest BCUT2D eigenvalue weighted by Gasteiger charge is 2.11. The van der Waals surface area contributed by atoms with E-state index in [-0.39, 0.29) is 6.04 Å². The fraction of sp³-hybridized carbons (Fsp3) is 0.250. The summed E-state index contributed by atoms with van der Waals surface area (Å²) >= 11 is 7.71. The first-order valence-corrected chi connectivity index (χ1v) is 6.44. The van der Waals surface area contributed by atoms with Crippen LogP contribution < -0.4 is 5.73 Å². The number of thiazole rings is 1. The van der Waals surface area contributed by atoms with Crippen LogP contribution in [0.15, 0.2) is 29.6 Å². The molecule has 0 saturated carbocycles. The van der Waals surface area contributed by atoms with Crippen molar-refractivity contribution in [3.05, 3.63) is 39.7 Å². The highest BCUT2D eigenvalue weighted by molar-refractivity contribution is 7.10. The molecule has 1 aromatic carbocycles. The first kappa shape index (κ1) is 11.6. The Hall–Kier alpha value is -0.900. The average Bonchev–Trinajstić information content (AvgIpc) is 2.78. The molecule has 0 radical (unpaired) electrons. The van der Waals surface area contributed by atoms with E-state index < -0.39 is 0 Å². The molecule has 1 heterocycles. The van der Waals surface area contributed by atoms with Gasteiger partial charge >= 0.3 is 0 Å². The summed E-state index contributed by atoms with van der Waals surface area (Å²) in [5.74, 6) is 0. The van der Waals surface area contributed by atoms with Gasteiger partial charge in [0.1, 0.15) is 5.01 Å². The Morgan fingerprint density at radius 1 is 1.44 bits per heavy atom. The number of rotatable bonds is 3. The molecule has 0 spiro atoms. The van der Waals surface area contributed by atoms with Gasteiger partial charge in [0, 0.05) is 16.0 Å². The van der Waals surface area contributed by atoms with Crippen molar-refractivity contribution in [2.75, 3.05) is 0 Å². The molecule has 0 aliphatic carbocycles. The van der Waals surface area contributed by atoms with Gasteiger partial charge in [-0.1, -0.05) is 36.7 Å². The minimum Gasteiger partial charge on any atom is -0.322 e. The van der Waals surface area contributed by atoms with E-state index in [1.54, 1.807) is 11.3 Å². The third kappa shape index (κ3) is 2.26. The molecule has 2 nitrogen and oxygen atoms in total. The van der Waals surface area contributed by atoms with Crippen LogP contribution in [0.5, 0.6) is 0 Å². The molecule has 4 heteroatoms. The first-order chi connectivity index (χ1) is 7.72. The van der Waals surface area contributed by atoms with Crippen LogP contribution in [-0.2, 0) is 0 Å². The molecular weight excluding hydrogens is 240 g/mol. The van der Waals surface area contributed by atoms with E-state index in [2.05, 4.69) is 11.9 Å². The van der Waals surface area contributed by atoms with Gasteiger partial charge < -0.3 is 5.73 Å². The fourth-order valence-electron chi connectivity index (χ4n) is 1.43. The van der Waals surface area contributed by atoms with Crippen molar-refractivity contribution in [1.82, 2.24) is 4.98 Å². The van der Waals surface area contributed by atoms with Crippen molar-refractivity contribution in [3.63, 3.8) is 0 Å². The molecule has 2 rings (SSSR count). The summed E-state index contributed by atoms with van der Waals surface area (Å²) in [7, 11) is 0. The van der Waals surface area contributed by atoms with Gasteiger partial charge in [-0.15, -0.1) is 11.3 Å². The number of hydrogen-bond acceptors (Lipinski definition) is 3. The van der Waals surface area contributed by atoms with Crippen molar-refractivity contribution in [1.29, 1.82) is 0 Å². The Morgan fingerprint density at radius 3 is 2.88 bits per heavy atom. The lowest BCUT2D eigenvalue weighted by molar-refractivity contribution is 0.693. The van der Waals surface area contributed by atoms with E-state index in [4.69, 9.17) is 17.3 Å². The fourth-order valence-corrected chi connectivity index (χ4v) is 2.56. The van der Waals surface area contributed by atoms with Crippen LogP contribution in [0, 0.1) is 0 Å². The summed E-state index contributed by atoms with van der Waals surface area (Å²) in [5, 5.41) is 3.70. The van der Waals surface area contributed by atoms with Gasteiger partial charge in [0.15, 0.2) is 0 Å². The molecule has 1 unspecified atom stereocenters. The second-order valence-electron chi connectivity index (χ2n) is 3.57. The highest BCUT2D eigenvalue weighted by Crippen LogP contribution is 2.30. The number of nitrogens with zero attached hydrogens (tertiary/aromatic N) is 1. The zero-order valence-corrected chi connectivity index (χ0v) is 10.6. The van der Waals surface area contributed by atoms with E-state index in [1.165, 1.54) is 0 Å². The second-order valence-corrected chi connectivity index (χ2v) is 4.86. The van der Waals surface area contributed by atoms with Gasteiger partial charge in [-0.3, -0.25) is 0 Å². The maximum Gasteiger partial charge on any atom is 0.110 e. The van der Waals surface area contributed by atoms with E-state index in [9.17, 15) is 0 Å². The molecule has 0 fully saturated rings. The van der Waals surface area contributed by atoms with Gasteiger partial charge in [0.25, 0.3) is 0 Å². The SMILES string of the molecule is CCC(N)c1nc(-c2ccccc2Cl)cs1. The molecule has 84 valence electrons. The normalized spacial score (nSPS) is 12.7. The predicted octanol–water partition coefficient (Wildman–Crippen LogP) is 3.87. The minimum absolute atomic E-state index is 0.0289. The van der Waals surface area contributed by atoms with Gasteiger partial charge in [0.2, 0.25) is 0 Å². The maximum atomic E-state index is 6.11. The van der Waals surface area contributed by atoms with Crippen LogP contribution >= 0.6 is 22.9 Å². The number of benzene rings is 1. The average molecular weight is 253 g/mol. The third-order valence-corrected chi connectivity index (χ3v) is 3.74. The zero-order chi connectivity index (χ0) is 11.5. The van der Waals surface area contributed by atoms with Crippen molar-refractivity contribution < 1.29 is 0 Å². The lowest BCUT2D eigenvalue weighted by atomic mass is 10.2. The van der Waals surface area contributed by atoms with Crippen LogP contribution in [0.25, 0.3) is 11.3 Å². The van der Waals surface area contributed by atoms with Gasteiger partial charge in [-0.25, -0.2) is 4.98 Å². The van der Waals surface area contributed by atoms with Crippen LogP contribution in [0.4, 0.5) is 0 Å². The highest BCUT2D eigenvalue weighted by atomic mass is 35.5. The Morgan fingerprint density at radius 2 is 2.19 bits per heavy atom. The van der Waals surface area contributed by atoms with Crippen molar-refractivity contribution in [3.8, 4) is 11.3 Å². The quantitative estimate of drug-likeness (QED) is 0.901. The van der Waals surface area contributed by atoms with E-state index in [1.807, 2.05) is 29.6 Å². The Labute approximate surface area is 104 Å².